The average molecular weight is 223 g/mol. The van der Waals surface area contributed by atoms with Gasteiger partial charge in [-0.1, -0.05) is 44.7 Å². The van der Waals surface area contributed by atoms with Crippen LogP contribution in [-0.4, -0.2) is 30.7 Å². The van der Waals surface area contributed by atoms with Crippen molar-refractivity contribution in [2.75, 3.05) is 13.7 Å². The Morgan fingerprint density at radius 1 is 1.56 bits per heavy atom. The van der Waals surface area contributed by atoms with Crippen LogP contribution >= 0.6 is 0 Å². The zero-order chi connectivity index (χ0) is 12.6. The number of nitrogens with zero attached hydrogens (tertiary/aromatic N) is 1. The second kappa shape index (κ2) is 7.74. The quantitative estimate of drug-likeness (QED) is 0.688. The van der Waals surface area contributed by atoms with Gasteiger partial charge in [-0.25, -0.2) is 4.79 Å². The van der Waals surface area contributed by atoms with E-state index in [1.165, 1.54) is 0 Å². The molecule has 0 aliphatic carbocycles. The summed E-state index contributed by atoms with van der Waals surface area (Å²) < 4.78 is 4.93. The van der Waals surface area contributed by atoms with Gasteiger partial charge in [-0.05, 0) is 12.5 Å². The van der Waals surface area contributed by atoms with Gasteiger partial charge in [0.25, 0.3) is 0 Å². The van der Waals surface area contributed by atoms with E-state index in [0.29, 0.717) is 6.61 Å². The summed E-state index contributed by atoms with van der Waals surface area (Å²) >= 11 is 0. The number of cyclic esters (lactones) is 1. The average Bonchev–Trinajstić information content (AvgIpc) is 2.62. The van der Waals surface area contributed by atoms with Crippen LogP contribution in [0.2, 0.25) is 0 Å². The maximum atomic E-state index is 11.1. The molecule has 1 aliphatic rings. The third-order valence-electron chi connectivity index (χ3n) is 2.17. The highest BCUT2D eigenvalue weighted by atomic mass is 16.6. The molecule has 1 aliphatic heterocycles. The molecular formula is C13H21NO2. The first kappa shape index (κ1) is 14.5. The summed E-state index contributed by atoms with van der Waals surface area (Å²) in [6.07, 6.45) is 7.24. The highest BCUT2D eigenvalue weighted by Crippen LogP contribution is 2.18. The van der Waals surface area contributed by atoms with Gasteiger partial charge in [0.15, 0.2) is 0 Å². The fraction of sp³-hybridized carbons (Fsp3) is 0.462. The predicted molar refractivity (Wildman–Crippen MR) is 67.3 cm³/mol. The Morgan fingerprint density at radius 2 is 2.19 bits per heavy atom. The van der Waals surface area contributed by atoms with Crippen molar-refractivity contribution in [3.63, 3.8) is 0 Å². The first-order chi connectivity index (χ1) is 7.70. The van der Waals surface area contributed by atoms with Gasteiger partial charge >= 0.3 is 6.09 Å². The van der Waals surface area contributed by atoms with Crippen LogP contribution in [-0.2, 0) is 4.74 Å². The van der Waals surface area contributed by atoms with E-state index in [-0.39, 0.29) is 12.1 Å². The minimum atomic E-state index is -0.269. The maximum Gasteiger partial charge on any atom is 0.410 e. The summed E-state index contributed by atoms with van der Waals surface area (Å²) in [5.41, 5.74) is 1.04. The zero-order valence-corrected chi connectivity index (χ0v) is 10.6. The minimum absolute atomic E-state index is 0.0108. The van der Waals surface area contributed by atoms with E-state index in [9.17, 15) is 4.79 Å². The van der Waals surface area contributed by atoms with Crippen LogP contribution in [0.1, 0.15) is 20.8 Å². The van der Waals surface area contributed by atoms with E-state index in [4.69, 9.17) is 4.74 Å². The van der Waals surface area contributed by atoms with Crippen molar-refractivity contribution in [1.29, 1.82) is 0 Å². The van der Waals surface area contributed by atoms with E-state index in [1.54, 1.807) is 18.0 Å². The lowest BCUT2D eigenvalue weighted by Crippen LogP contribution is -2.30. The van der Waals surface area contributed by atoms with E-state index in [1.807, 2.05) is 39.0 Å². The molecule has 0 aromatic carbocycles. The number of ether oxygens (including phenoxy) is 1. The predicted octanol–water partition coefficient (Wildman–Crippen LogP) is 3.15. The topological polar surface area (TPSA) is 29.5 Å². The molecule has 1 amide bonds. The maximum absolute atomic E-state index is 11.1. The molecular weight excluding hydrogens is 202 g/mol. The van der Waals surface area contributed by atoms with Crippen LogP contribution in [0.4, 0.5) is 4.79 Å². The summed E-state index contributed by atoms with van der Waals surface area (Å²) in [5.74, 6) is 0. The Labute approximate surface area is 98.1 Å². The Kier molecular flexibility index (Phi) is 7.01. The molecule has 0 N–H and O–H groups in total. The molecule has 3 nitrogen and oxygen atoms in total. The molecule has 1 fully saturated rings. The van der Waals surface area contributed by atoms with Crippen molar-refractivity contribution in [2.45, 2.75) is 26.8 Å². The lowest BCUT2D eigenvalue weighted by atomic mass is 10.1. The molecule has 0 aromatic heterocycles. The summed E-state index contributed by atoms with van der Waals surface area (Å²) in [7, 11) is 1.74. The number of carbonyl (C=O) groups is 1. The van der Waals surface area contributed by atoms with Gasteiger partial charge in [-0.2, -0.15) is 0 Å². The fourth-order valence-corrected chi connectivity index (χ4v) is 1.42. The fourth-order valence-electron chi connectivity index (χ4n) is 1.42. The van der Waals surface area contributed by atoms with Gasteiger partial charge in [0.2, 0.25) is 0 Å². The van der Waals surface area contributed by atoms with Crippen molar-refractivity contribution in [2.24, 2.45) is 0 Å². The molecule has 1 rings (SSSR count). The molecule has 0 spiro atoms. The first-order valence-corrected chi connectivity index (χ1v) is 5.55. The van der Waals surface area contributed by atoms with Crippen LogP contribution in [0.25, 0.3) is 0 Å². The SMILES string of the molecule is C=C/C=C(\C=C/C)[C@H]1COC(=O)N1C.CC. The van der Waals surface area contributed by atoms with Gasteiger partial charge in [-0.15, -0.1) is 0 Å². The summed E-state index contributed by atoms with van der Waals surface area (Å²) in [5, 5.41) is 0. The smallest absolute Gasteiger partial charge is 0.410 e. The largest absolute Gasteiger partial charge is 0.447 e. The number of carbonyl (C=O) groups excluding carboxylic acids is 1. The molecule has 0 unspecified atom stereocenters. The standard InChI is InChI=1S/C11H15NO2.C2H6/c1-4-6-9(7-5-2)10-8-14-11(13)12(10)3;1-2/h4-7,10H,1,8H2,2-3H3;1-2H3/b7-5-,9-6+;/t10-;/m1./s1. The van der Waals surface area contributed by atoms with E-state index >= 15 is 0 Å². The monoisotopic (exact) mass is 223 g/mol. The van der Waals surface area contributed by atoms with Crippen LogP contribution in [0.5, 0.6) is 0 Å². The summed E-state index contributed by atoms with van der Waals surface area (Å²) in [6, 6.07) is 0.0108. The lowest BCUT2D eigenvalue weighted by molar-refractivity contribution is 0.163. The van der Waals surface area contributed by atoms with Crippen molar-refractivity contribution in [3.8, 4) is 0 Å². The molecule has 0 radical (unpaired) electrons. The Hall–Kier alpha value is -1.51. The molecule has 1 heterocycles. The second-order valence-corrected chi connectivity index (χ2v) is 3.11. The molecule has 1 saturated heterocycles. The highest BCUT2D eigenvalue weighted by molar-refractivity contribution is 5.70. The second-order valence-electron chi connectivity index (χ2n) is 3.11. The van der Waals surface area contributed by atoms with E-state index in [2.05, 4.69) is 6.58 Å². The van der Waals surface area contributed by atoms with Gasteiger partial charge in [0, 0.05) is 7.05 Å². The van der Waals surface area contributed by atoms with Crippen LogP contribution in [0, 0.1) is 0 Å². The third-order valence-corrected chi connectivity index (χ3v) is 2.17. The molecule has 0 saturated carbocycles. The van der Waals surface area contributed by atoms with Gasteiger partial charge < -0.3 is 9.64 Å². The summed E-state index contributed by atoms with van der Waals surface area (Å²) in [4.78, 5) is 12.7. The number of allylic oxidation sites excluding steroid dienone is 3. The zero-order valence-electron chi connectivity index (χ0n) is 10.6. The highest BCUT2D eigenvalue weighted by Gasteiger charge is 2.30. The molecule has 1 atom stereocenters. The van der Waals surface area contributed by atoms with E-state index < -0.39 is 0 Å². The van der Waals surface area contributed by atoms with Crippen molar-refractivity contribution >= 4 is 6.09 Å². The van der Waals surface area contributed by atoms with Gasteiger partial charge in [-0.3, -0.25) is 0 Å². The Balaban J connectivity index is 0.00000106. The molecule has 0 aromatic rings. The Morgan fingerprint density at radius 3 is 2.56 bits per heavy atom. The number of likely N-dealkylation sites (N-methyl/N-ethyl adjacent to an activating group) is 1. The van der Waals surface area contributed by atoms with Crippen molar-refractivity contribution in [1.82, 2.24) is 4.90 Å². The molecule has 90 valence electrons. The molecule has 16 heavy (non-hydrogen) atoms. The van der Waals surface area contributed by atoms with Gasteiger partial charge in [0.05, 0.1) is 6.04 Å². The normalized spacial score (nSPS) is 20.5. The molecule has 0 bridgehead atoms. The first-order valence-electron chi connectivity index (χ1n) is 5.55. The van der Waals surface area contributed by atoms with Crippen LogP contribution in [0.3, 0.4) is 0 Å². The lowest BCUT2D eigenvalue weighted by Gasteiger charge is -2.16. The van der Waals surface area contributed by atoms with E-state index in [0.717, 1.165) is 5.57 Å². The third kappa shape index (κ3) is 3.57. The molecule has 3 heteroatoms. The van der Waals surface area contributed by atoms with Gasteiger partial charge in [0.1, 0.15) is 6.61 Å². The Bertz CT molecular complexity index is 292. The number of amides is 1. The number of hydrogen-bond donors (Lipinski definition) is 0. The van der Waals surface area contributed by atoms with Crippen LogP contribution in [0.15, 0.2) is 36.5 Å². The summed E-state index contributed by atoms with van der Waals surface area (Å²) in [6.45, 7) is 10.00. The van der Waals surface area contributed by atoms with Crippen molar-refractivity contribution < 1.29 is 9.53 Å². The minimum Gasteiger partial charge on any atom is -0.447 e. The van der Waals surface area contributed by atoms with Crippen LogP contribution < -0.4 is 0 Å². The van der Waals surface area contributed by atoms with Crippen molar-refractivity contribution in [3.05, 3.63) is 36.5 Å². The number of rotatable bonds is 3. The number of hydrogen-bond acceptors (Lipinski definition) is 2.